The molecule has 1 amide bonds. The average Bonchev–Trinajstić information content (AvgIpc) is 2.72. The predicted octanol–water partition coefficient (Wildman–Crippen LogP) is 1.26. The summed E-state index contributed by atoms with van der Waals surface area (Å²) in [5.41, 5.74) is 0.491. The number of carbonyl (C=O) groups excluding carboxylic acids is 1. The minimum atomic E-state index is -0.402. The summed E-state index contributed by atoms with van der Waals surface area (Å²) in [4.78, 5) is 13.6. The topological polar surface area (TPSA) is 76.4 Å². The Kier molecular flexibility index (Phi) is 5.78. The SMILES string of the molecule is CC(O)CN(C)CCC(=O)Nc1sccc1C#N. The van der Waals surface area contributed by atoms with Crippen LogP contribution in [0.1, 0.15) is 18.9 Å². The van der Waals surface area contributed by atoms with E-state index in [1.165, 1.54) is 11.3 Å². The number of likely N-dealkylation sites (N-methyl/N-ethyl adjacent to an activating group) is 1. The molecule has 0 aliphatic heterocycles. The number of aliphatic hydroxyl groups excluding tert-OH is 1. The molecule has 5 nitrogen and oxygen atoms in total. The van der Waals surface area contributed by atoms with Crippen LogP contribution in [0.5, 0.6) is 0 Å². The van der Waals surface area contributed by atoms with Crippen molar-refractivity contribution >= 4 is 22.2 Å². The molecule has 0 aliphatic carbocycles. The van der Waals surface area contributed by atoms with Crippen molar-refractivity contribution in [3.8, 4) is 6.07 Å². The summed E-state index contributed by atoms with van der Waals surface area (Å²) in [7, 11) is 1.85. The van der Waals surface area contributed by atoms with Gasteiger partial charge in [0.2, 0.25) is 5.91 Å². The van der Waals surface area contributed by atoms with E-state index in [9.17, 15) is 9.90 Å². The number of hydrogen-bond donors (Lipinski definition) is 2. The summed E-state index contributed by atoms with van der Waals surface area (Å²) in [5, 5.41) is 23.1. The minimum absolute atomic E-state index is 0.119. The number of aliphatic hydroxyl groups is 1. The first kappa shape index (κ1) is 14.6. The van der Waals surface area contributed by atoms with Gasteiger partial charge in [0.15, 0.2) is 0 Å². The van der Waals surface area contributed by atoms with Crippen LogP contribution in [0.3, 0.4) is 0 Å². The molecular formula is C12H17N3O2S. The van der Waals surface area contributed by atoms with Crippen LogP contribution in [-0.2, 0) is 4.79 Å². The molecule has 0 fully saturated rings. The van der Waals surface area contributed by atoms with Crippen LogP contribution in [-0.4, -0.2) is 42.2 Å². The van der Waals surface area contributed by atoms with Gasteiger partial charge < -0.3 is 15.3 Å². The first-order valence-corrected chi connectivity index (χ1v) is 6.55. The second-order valence-electron chi connectivity index (χ2n) is 4.18. The largest absolute Gasteiger partial charge is 0.392 e. The predicted molar refractivity (Wildman–Crippen MR) is 71.5 cm³/mol. The number of nitrogens with zero attached hydrogens (tertiary/aromatic N) is 2. The van der Waals surface area contributed by atoms with Gasteiger partial charge in [-0.3, -0.25) is 4.79 Å². The molecule has 18 heavy (non-hydrogen) atoms. The Bertz CT molecular complexity index is 437. The summed E-state index contributed by atoms with van der Waals surface area (Å²) in [6.45, 7) is 2.82. The Balaban J connectivity index is 2.37. The van der Waals surface area contributed by atoms with Gasteiger partial charge in [-0.2, -0.15) is 5.26 Å². The van der Waals surface area contributed by atoms with Gasteiger partial charge in [-0.1, -0.05) is 0 Å². The van der Waals surface area contributed by atoms with E-state index < -0.39 is 6.10 Å². The monoisotopic (exact) mass is 267 g/mol. The molecule has 2 N–H and O–H groups in total. The highest BCUT2D eigenvalue weighted by molar-refractivity contribution is 7.14. The first-order chi connectivity index (χ1) is 8.52. The normalized spacial score (nSPS) is 12.2. The number of carbonyl (C=O) groups is 1. The summed E-state index contributed by atoms with van der Waals surface area (Å²) >= 11 is 1.34. The van der Waals surface area contributed by atoms with E-state index in [1.807, 2.05) is 18.0 Å². The van der Waals surface area contributed by atoms with E-state index in [-0.39, 0.29) is 5.91 Å². The number of rotatable bonds is 6. The zero-order chi connectivity index (χ0) is 13.5. The summed E-state index contributed by atoms with van der Waals surface area (Å²) in [6.07, 6.45) is -0.0630. The maximum atomic E-state index is 11.7. The molecule has 0 aromatic carbocycles. The lowest BCUT2D eigenvalue weighted by Crippen LogP contribution is -2.30. The molecule has 0 aliphatic rings. The Morgan fingerprint density at radius 2 is 2.44 bits per heavy atom. The lowest BCUT2D eigenvalue weighted by atomic mass is 10.3. The van der Waals surface area contributed by atoms with Crippen molar-refractivity contribution in [1.29, 1.82) is 5.26 Å². The van der Waals surface area contributed by atoms with E-state index in [0.717, 1.165) is 0 Å². The fourth-order valence-electron chi connectivity index (χ4n) is 1.52. The number of anilines is 1. The Labute approximate surface area is 111 Å². The molecular weight excluding hydrogens is 250 g/mol. The van der Waals surface area contributed by atoms with Crippen molar-refractivity contribution in [2.24, 2.45) is 0 Å². The van der Waals surface area contributed by atoms with Gasteiger partial charge in [0.25, 0.3) is 0 Å². The summed E-state index contributed by atoms with van der Waals surface area (Å²) in [6, 6.07) is 3.70. The molecule has 0 saturated heterocycles. The van der Waals surface area contributed by atoms with Gasteiger partial charge in [-0.05, 0) is 25.4 Å². The minimum Gasteiger partial charge on any atom is -0.392 e. The highest BCUT2D eigenvalue weighted by Crippen LogP contribution is 2.22. The van der Waals surface area contributed by atoms with Crippen molar-refractivity contribution in [2.75, 3.05) is 25.5 Å². The molecule has 0 radical (unpaired) electrons. The third-order valence-corrected chi connectivity index (χ3v) is 3.16. The molecule has 1 aromatic rings. The molecule has 1 atom stereocenters. The molecule has 98 valence electrons. The zero-order valence-corrected chi connectivity index (χ0v) is 11.3. The third-order valence-electron chi connectivity index (χ3n) is 2.34. The number of hydrogen-bond acceptors (Lipinski definition) is 5. The molecule has 0 saturated carbocycles. The number of thiophene rings is 1. The van der Waals surface area contributed by atoms with E-state index >= 15 is 0 Å². The number of amides is 1. The molecule has 0 spiro atoms. The van der Waals surface area contributed by atoms with Crippen molar-refractivity contribution < 1.29 is 9.90 Å². The summed E-state index contributed by atoms with van der Waals surface area (Å²) in [5.74, 6) is -0.119. The Morgan fingerprint density at radius 3 is 3.06 bits per heavy atom. The van der Waals surface area contributed by atoms with Crippen LogP contribution in [0.4, 0.5) is 5.00 Å². The van der Waals surface area contributed by atoms with Gasteiger partial charge in [0.05, 0.1) is 11.7 Å². The van der Waals surface area contributed by atoms with Gasteiger partial charge in [0, 0.05) is 19.5 Å². The van der Waals surface area contributed by atoms with Crippen molar-refractivity contribution in [3.05, 3.63) is 17.0 Å². The smallest absolute Gasteiger partial charge is 0.226 e. The van der Waals surface area contributed by atoms with Gasteiger partial charge in [-0.25, -0.2) is 0 Å². The highest BCUT2D eigenvalue weighted by Gasteiger charge is 2.10. The van der Waals surface area contributed by atoms with Crippen LogP contribution in [0, 0.1) is 11.3 Å². The lowest BCUT2D eigenvalue weighted by molar-refractivity contribution is -0.116. The van der Waals surface area contributed by atoms with Gasteiger partial charge in [-0.15, -0.1) is 11.3 Å². The molecule has 6 heteroatoms. The molecule has 1 heterocycles. The van der Waals surface area contributed by atoms with Crippen LogP contribution in [0.15, 0.2) is 11.4 Å². The van der Waals surface area contributed by atoms with Gasteiger partial charge in [0.1, 0.15) is 11.1 Å². The maximum Gasteiger partial charge on any atom is 0.226 e. The van der Waals surface area contributed by atoms with Crippen LogP contribution in [0.2, 0.25) is 0 Å². The molecule has 1 unspecified atom stereocenters. The van der Waals surface area contributed by atoms with Crippen molar-refractivity contribution in [3.63, 3.8) is 0 Å². The maximum absolute atomic E-state index is 11.7. The second-order valence-corrected chi connectivity index (χ2v) is 5.10. The van der Waals surface area contributed by atoms with Gasteiger partial charge >= 0.3 is 0 Å². The Morgan fingerprint density at radius 1 is 1.72 bits per heavy atom. The van der Waals surface area contributed by atoms with Crippen molar-refractivity contribution in [2.45, 2.75) is 19.4 Å². The molecule has 1 aromatic heterocycles. The number of nitrogens with one attached hydrogen (secondary N) is 1. The standard InChI is InChI=1S/C12H17N3O2S/c1-9(16)8-15(2)5-3-11(17)14-12-10(7-13)4-6-18-12/h4,6,9,16H,3,5,8H2,1-2H3,(H,14,17). The number of nitriles is 1. The fraction of sp³-hybridized carbons (Fsp3) is 0.500. The van der Waals surface area contributed by atoms with E-state index in [1.54, 1.807) is 18.4 Å². The molecule has 1 rings (SSSR count). The van der Waals surface area contributed by atoms with Crippen molar-refractivity contribution in [1.82, 2.24) is 4.90 Å². The summed E-state index contributed by atoms with van der Waals surface area (Å²) < 4.78 is 0. The Hall–Kier alpha value is -1.42. The van der Waals surface area contributed by atoms with E-state index in [4.69, 9.17) is 5.26 Å². The second kappa shape index (κ2) is 7.11. The average molecular weight is 267 g/mol. The lowest BCUT2D eigenvalue weighted by Gasteiger charge is -2.17. The molecule has 0 bridgehead atoms. The van der Waals surface area contributed by atoms with Crippen LogP contribution in [0.25, 0.3) is 0 Å². The quantitative estimate of drug-likeness (QED) is 0.813. The van der Waals surface area contributed by atoms with E-state index in [2.05, 4.69) is 5.32 Å². The van der Waals surface area contributed by atoms with E-state index in [0.29, 0.717) is 30.1 Å². The zero-order valence-electron chi connectivity index (χ0n) is 10.5. The van der Waals surface area contributed by atoms with Crippen LogP contribution >= 0.6 is 11.3 Å². The fourth-order valence-corrected chi connectivity index (χ4v) is 2.27. The third kappa shape index (κ3) is 4.84. The van der Waals surface area contributed by atoms with Crippen LogP contribution < -0.4 is 5.32 Å². The first-order valence-electron chi connectivity index (χ1n) is 5.67. The highest BCUT2D eigenvalue weighted by atomic mass is 32.1.